The van der Waals surface area contributed by atoms with E-state index in [-0.39, 0.29) is 5.54 Å². The van der Waals surface area contributed by atoms with Crippen molar-refractivity contribution in [2.75, 3.05) is 6.61 Å². The third kappa shape index (κ3) is 2.63. The van der Waals surface area contributed by atoms with Crippen LogP contribution in [0.5, 0.6) is 5.75 Å². The van der Waals surface area contributed by atoms with Crippen LogP contribution in [0.2, 0.25) is 0 Å². The first-order chi connectivity index (χ1) is 8.15. The SMILES string of the molecule is CCCC(C)CC1(N)CCOc2ccccc21. The van der Waals surface area contributed by atoms with E-state index in [0.29, 0.717) is 5.92 Å². The van der Waals surface area contributed by atoms with Gasteiger partial charge in [0.2, 0.25) is 0 Å². The minimum Gasteiger partial charge on any atom is -0.493 e. The standard InChI is InChI=1S/C15H23NO/c1-3-6-12(2)11-15(16)9-10-17-14-8-5-4-7-13(14)15/h4-5,7-8,12H,3,6,9-11,16H2,1-2H3. The smallest absolute Gasteiger partial charge is 0.124 e. The van der Waals surface area contributed by atoms with Crippen LogP contribution in [0, 0.1) is 5.92 Å². The monoisotopic (exact) mass is 233 g/mol. The van der Waals surface area contributed by atoms with E-state index >= 15 is 0 Å². The summed E-state index contributed by atoms with van der Waals surface area (Å²) in [5, 5.41) is 0. The van der Waals surface area contributed by atoms with E-state index in [4.69, 9.17) is 10.5 Å². The normalized spacial score (nSPS) is 24.9. The van der Waals surface area contributed by atoms with Gasteiger partial charge in [-0.05, 0) is 18.4 Å². The van der Waals surface area contributed by atoms with Gasteiger partial charge in [-0.1, -0.05) is 44.9 Å². The van der Waals surface area contributed by atoms with Crippen molar-refractivity contribution in [3.8, 4) is 5.75 Å². The van der Waals surface area contributed by atoms with Crippen LogP contribution in [0.3, 0.4) is 0 Å². The zero-order valence-electron chi connectivity index (χ0n) is 10.9. The summed E-state index contributed by atoms with van der Waals surface area (Å²) in [6.45, 7) is 5.28. The summed E-state index contributed by atoms with van der Waals surface area (Å²) in [4.78, 5) is 0. The van der Waals surface area contributed by atoms with E-state index in [0.717, 1.165) is 25.2 Å². The molecule has 1 aliphatic rings. The van der Waals surface area contributed by atoms with E-state index in [9.17, 15) is 0 Å². The summed E-state index contributed by atoms with van der Waals surface area (Å²) >= 11 is 0. The Morgan fingerprint density at radius 3 is 2.94 bits per heavy atom. The lowest BCUT2D eigenvalue weighted by Gasteiger charge is -2.37. The number of ether oxygens (including phenoxy) is 1. The first-order valence-corrected chi connectivity index (χ1v) is 6.67. The molecule has 0 bridgehead atoms. The molecule has 0 amide bonds. The Labute approximate surface area is 104 Å². The number of hydrogen-bond acceptors (Lipinski definition) is 2. The molecule has 1 aliphatic heterocycles. The number of para-hydroxylation sites is 1. The molecule has 2 unspecified atom stereocenters. The summed E-state index contributed by atoms with van der Waals surface area (Å²) in [5.74, 6) is 1.65. The van der Waals surface area contributed by atoms with Crippen molar-refractivity contribution in [2.24, 2.45) is 11.7 Å². The van der Waals surface area contributed by atoms with Crippen LogP contribution in [0.1, 0.15) is 45.1 Å². The van der Waals surface area contributed by atoms with Crippen LogP contribution in [0.4, 0.5) is 0 Å². The van der Waals surface area contributed by atoms with Gasteiger partial charge >= 0.3 is 0 Å². The maximum Gasteiger partial charge on any atom is 0.124 e. The fourth-order valence-corrected chi connectivity index (χ4v) is 2.91. The van der Waals surface area contributed by atoms with Crippen molar-refractivity contribution in [1.82, 2.24) is 0 Å². The number of nitrogens with two attached hydrogens (primary N) is 1. The maximum absolute atomic E-state index is 6.62. The highest BCUT2D eigenvalue weighted by atomic mass is 16.5. The lowest BCUT2D eigenvalue weighted by Crippen LogP contribution is -2.42. The molecule has 0 aromatic heterocycles. The molecule has 17 heavy (non-hydrogen) atoms. The fraction of sp³-hybridized carbons (Fsp3) is 0.600. The van der Waals surface area contributed by atoms with Gasteiger partial charge < -0.3 is 10.5 Å². The second-order valence-corrected chi connectivity index (χ2v) is 5.35. The predicted molar refractivity (Wildman–Crippen MR) is 71.1 cm³/mol. The van der Waals surface area contributed by atoms with Gasteiger partial charge in [-0.2, -0.15) is 0 Å². The van der Waals surface area contributed by atoms with Crippen molar-refractivity contribution < 1.29 is 4.74 Å². The molecule has 0 spiro atoms. The average Bonchev–Trinajstić information content (AvgIpc) is 2.29. The Morgan fingerprint density at radius 2 is 2.18 bits per heavy atom. The zero-order chi connectivity index (χ0) is 12.3. The Kier molecular flexibility index (Phi) is 3.72. The van der Waals surface area contributed by atoms with Crippen molar-refractivity contribution in [3.63, 3.8) is 0 Å². The Bertz CT molecular complexity index is 377. The minimum absolute atomic E-state index is 0.191. The molecule has 1 heterocycles. The van der Waals surface area contributed by atoms with Gasteiger partial charge in [-0.25, -0.2) is 0 Å². The highest BCUT2D eigenvalue weighted by molar-refractivity contribution is 5.40. The molecule has 1 aromatic carbocycles. The van der Waals surface area contributed by atoms with Crippen LogP contribution in [-0.4, -0.2) is 6.61 Å². The largest absolute Gasteiger partial charge is 0.493 e. The number of benzene rings is 1. The molecule has 2 rings (SSSR count). The van der Waals surface area contributed by atoms with Gasteiger partial charge in [0.05, 0.1) is 6.61 Å². The van der Waals surface area contributed by atoms with Crippen molar-refractivity contribution in [1.29, 1.82) is 0 Å². The van der Waals surface area contributed by atoms with E-state index < -0.39 is 0 Å². The van der Waals surface area contributed by atoms with Gasteiger partial charge in [0.25, 0.3) is 0 Å². The number of hydrogen-bond donors (Lipinski definition) is 1. The van der Waals surface area contributed by atoms with Gasteiger partial charge in [0.15, 0.2) is 0 Å². The van der Waals surface area contributed by atoms with Crippen molar-refractivity contribution in [2.45, 2.75) is 45.1 Å². The van der Waals surface area contributed by atoms with E-state index in [1.165, 1.54) is 18.4 Å². The molecule has 0 radical (unpaired) electrons. The zero-order valence-corrected chi connectivity index (χ0v) is 10.9. The maximum atomic E-state index is 6.62. The minimum atomic E-state index is -0.191. The van der Waals surface area contributed by atoms with E-state index in [1.54, 1.807) is 0 Å². The molecule has 2 nitrogen and oxygen atoms in total. The second-order valence-electron chi connectivity index (χ2n) is 5.35. The van der Waals surface area contributed by atoms with Crippen LogP contribution in [-0.2, 0) is 5.54 Å². The first-order valence-electron chi connectivity index (χ1n) is 6.67. The average molecular weight is 233 g/mol. The molecule has 2 heteroatoms. The van der Waals surface area contributed by atoms with Crippen LogP contribution in [0.25, 0.3) is 0 Å². The van der Waals surface area contributed by atoms with Crippen LogP contribution >= 0.6 is 0 Å². The Morgan fingerprint density at radius 1 is 1.41 bits per heavy atom. The van der Waals surface area contributed by atoms with Gasteiger partial charge in [0, 0.05) is 17.5 Å². The predicted octanol–water partition coefficient (Wildman–Crippen LogP) is 3.45. The van der Waals surface area contributed by atoms with Crippen molar-refractivity contribution >= 4 is 0 Å². The summed E-state index contributed by atoms with van der Waals surface area (Å²) in [6, 6.07) is 8.22. The Balaban J connectivity index is 2.20. The fourth-order valence-electron chi connectivity index (χ4n) is 2.91. The molecule has 94 valence electrons. The molecule has 2 N–H and O–H groups in total. The Hall–Kier alpha value is -1.02. The molecular weight excluding hydrogens is 210 g/mol. The number of rotatable bonds is 4. The summed E-state index contributed by atoms with van der Waals surface area (Å²) in [7, 11) is 0. The van der Waals surface area contributed by atoms with Crippen LogP contribution < -0.4 is 10.5 Å². The topological polar surface area (TPSA) is 35.2 Å². The first kappa shape index (κ1) is 12.4. The summed E-state index contributed by atoms with van der Waals surface area (Å²) < 4.78 is 5.68. The van der Waals surface area contributed by atoms with Crippen molar-refractivity contribution in [3.05, 3.63) is 29.8 Å². The number of fused-ring (bicyclic) bond motifs is 1. The quantitative estimate of drug-likeness (QED) is 0.864. The molecule has 1 aromatic rings. The van der Waals surface area contributed by atoms with Gasteiger partial charge in [-0.15, -0.1) is 0 Å². The lowest BCUT2D eigenvalue weighted by atomic mass is 9.78. The molecule has 0 saturated carbocycles. The molecule has 2 atom stereocenters. The third-order valence-electron chi connectivity index (χ3n) is 3.72. The second kappa shape index (κ2) is 5.09. The molecule has 0 aliphatic carbocycles. The lowest BCUT2D eigenvalue weighted by molar-refractivity contribution is 0.190. The van der Waals surface area contributed by atoms with E-state index in [2.05, 4.69) is 26.0 Å². The molecular formula is C15H23NO. The van der Waals surface area contributed by atoms with Gasteiger partial charge in [0.1, 0.15) is 5.75 Å². The highest BCUT2D eigenvalue weighted by Crippen LogP contribution is 2.39. The highest BCUT2D eigenvalue weighted by Gasteiger charge is 2.34. The summed E-state index contributed by atoms with van der Waals surface area (Å²) in [5.41, 5.74) is 7.62. The molecule has 0 saturated heterocycles. The summed E-state index contributed by atoms with van der Waals surface area (Å²) in [6.07, 6.45) is 4.47. The third-order valence-corrected chi connectivity index (χ3v) is 3.72. The van der Waals surface area contributed by atoms with Gasteiger partial charge in [-0.3, -0.25) is 0 Å². The van der Waals surface area contributed by atoms with E-state index in [1.807, 2.05) is 12.1 Å². The van der Waals surface area contributed by atoms with Crippen LogP contribution in [0.15, 0.2) is 24.3 Å². The molecule has 0 fully saturated rings.